The van der Waals surface area contributed by atoms with E-state index < -0.39 is 0 Å². The molecule has 1 heterocycles. The van der Waals surface area contributed by atoms with E-state index in [-0.39, 0.29) is 30.4 Å². The average molecular weight is 353 g/mol. The van der Waals surface area contributed by atoms with E-state index in [0.717, 1.165) is 23.5 Å². The molecule has 2 aromatic carbocycles. The molecule has 136 valence electrons. The van der Waals surface area contributed by atoms with Gasteiger partial charge in [0, 0.05) is 36.9 Å². The van der Waals surface area contributed by atoms with Crippen LogP contribution in [0, 0.1) is 5.92 Å². The van der Waals surface area contributed by atoms with Crippen LogP contribution in [-0.2, 0) is 11.2 Å². The first kappa shape index (κ1) is 18.0. The van der Waals surface area contributed by atoms with Crippen molar-refractivity contribution in [3.8, 4) is 11.5 Å². The van der Waals surface area contributed by atoms with E-state index in [1.165, 1.54) is 0 Å². The van der Waals surface area contributed by atoms with Crippen LogP contribution in [0.15, 0.2) is 48.5 Å². The molecule has 3 rings (SSSR count). The van der Waals surface area contributed by atoms with Gasteiger partial charge >= 0.3 is 0 Å². The van der Waals surface area contributed by atoms with Gasteiger partial charge in [-0.1, -0.05) is 36.4 Å². The summed E-state index contributed by atoms with van der Waals surface area (Å²) in [7, 11) is 1.63. The van der Waals surface area contributed by atoms with Gasteiger partial charge in [-0.25, -0.2) is 0 Å². The van der Waals surface area contributed by atoms with Gasteiger partial charge < -0.3 is 14.8 Å². The standard InChI is InChI=1S/C21H23NO4/c1-25-18-8-7-17-11-15(14-26-20(17)12-18)13-22-21(24)10-9-19(23)16-5-3-2-4-6-16/h2-8,12,15H,9-11,13-14H2,1H3,(H,22,24). The van der Waals surface area contributed by atoms with Crippen LogP contribution in [0.3, 0.4) is 0 Å². The number of amides is 1. The normalized spacial score (nSPS) is 15.5. The predicted octanol–water partition coefficient (Wildman–Crippen LogP) is 3.03. The highest BCUT2D eigenvalue weighted by Crippen LogP contribution is 2.30. The summed E-state index contributed by atoms with van der Waals surface area (Å²) < 4.78 is 11.0. The van der Waals surface area contributed by atoms with E-state index in [1.54, 1.807) is 19.2 Å². The quantitative estimate of drug-likeness (QED) is 0.777. The lowest BCUT2D eigenvalue weighted by Gasteiger charge is -2.25. The van der Waals surface area contributed by atoms with Crippen molar-refractivity contribution in [1.82, 2.24) is 5.32 Å². The Bertz CT molecular complexity index is 773. The summed E-state index contributed by atoms with van der Waals surface area (Å²) in [5, 5.41) is 2.92. The monoisotopic (exact) mass is 353 g/mol. The summed E-state index contributed by atoms with van der Waals surface area (Å²) in [4.78, 5) is 24.1. The number of benzene rings is 2. The number of hydrogen-bond acceptors (Lipinski definition) is 4. The maximum absolute atomic E-state index is 12.0. The first-order chi connectivity index (χ1) is 12.7. The minimum Gasteiger partial charge on any atom is -0.497 e. The molecule has 0 spiro atoms. The van der Waals surface area contributed by atoms with E-state index in [4.69, 9.17) is 9.47 Å². The second kappa shape index (κ2) is 8.52. The molecule has 5 heteroatoms. The lowest BCUT2D eigenvalue weighted by Crippen LogP contribution is -2.34. The highest BCUT2D eigenvalue weighted by Gasteiger charge is 2.21. The van der Waals surface area contributed by atoms with Gasteiger partial charge in [0.25, 0.3) is 0 Å². The smallest absolute Gasteiger partial charge is 0.220 e. The number of ether oxygens (including phenoxy) is 2. The van der Waals surface area contributed by atoms with Gasteiger partial charge in [-0.05, 0) is 18.1 Å². The van der Waals surface area contributed by atoms with Crippen LogP contribution in [0.2, 0.25) is 0 Å². The number of methoxy groups -OCH3 is 1. The summed E-state index contributed by atoms with van der Waals surface area (Å²) >= 11 is 0. The number of carbonyl (C=O) groups excluding carboxylic acids is 2. The maximum atomic E-state index is 12.0. The molecule has 1 aliphatic rings. The third-order valence-corrected chi connectivity index (χ3v) is 4.52. The number of rotatable bonds is 7. The van der Waals surface area contributed by atoms with Gasteiger partial charge in [0.2, 0.25) is 5.91 Å². The highest BCUT2D eigenvalue weighted by atomic mass is 16.5. The van der Waals surface area contributed by atoms with Crippen LogP contribution in [0.4, 0.5) is 0 Å². The Hall–Kier alpha value is -2.82. The van der Waals surface area contributed by atoms with Crippen LogP contribution >= 0.6 is 0 Å². The largest absolute Gasteiger partial charge is 0.497 e. The number of Topliss-reactive ketones (excluding diaryl/α,β-unsaturated/α-hetero) is 1. The fraction of sp³-hybridized carbons (Fsp3) is 0.333. The first-order valence-electron chi connectivity index (χ1n) is 8.80. The molecule has 1 amide bonds. The fourth-order valence-electron chi connectivity index (χ4n) is 3.02. The van der Waals surface area contributed by atoms with Crippen LogP contribution in [-0.4, -0.2) is 32.0 Å². The first-order valence-corrected chi connectivity index (χ1v) is 8.80. The summed E-state index contributed by atoms with van der Waals surface area (Å²) in [6.45, 7) is 1.10. The Balaban J connectivity index is 1.43. The van der Waals surface area contributed by atoms with Crippen molar-refractivity contribution in [2.45, 2.75) is 19.3 Å². The molecule has 0 saturated carbocycles. The van der Waals surface area contributed by atoms with Crippen molar-refractivity contribution in [3.63, 3.8) is 0 Å². The van der Waals surface area contributed by atoms with Gasteiger partial charge in [-0.15, -0.1) is 0 Å². The van der Waals surface area contributed by atoms with E-state index in [1.807, 2.05) is 36.4 Å². The maximum Gasteiger partial charge on any atom is 0.220 e. The van der Waals surface area contributed by atoms with E-state index in [9.17, 15) is 9.59 Å². The van der Waals surface area contributed by atoms with Crippen LogP contribution < -0.4 is 14.8 Å². The molecular formula is C21H23NO4. The number of carbonyl (C=O) groups is 2. The summed E-state index contributed by atoms with van der Waals surface area (Å²) in [5.41, 5.74) is 1.77. The van der Waals surface area contributed by atoms with Crippen molar-refractivity contribution < 1.29 is 19.1 Å². The molecule has 5 nitrogen and oxygen atoms in total. The van der Waals surface area contributed by atoms with E-state index >= 15 is 0 Å². The Labute approximate surface area is 153 Å². The number of nitrogens with one attached hydrogen (secondary N) is 1. The molecule has 1 unspecified atom stereocenters. The molecule has 0 radical (unpaired) electrons. The molecule has 0 aromatic heterocycles. The molecule has 0 aliphatic carbocycles. The third kappa shape index (κ3) is 4.63. The minimum absolute atomic E-state index is 0.00961. The number of ketones is 1. The molecule has 0 fully saturated rings. The summed E-state index contributed by atoms with van der Waals surface area (Å²) in [6.07, 6.45) is 1.28. The Morgan fingerprint density at radius 2 is 1.96 bits per heavy atom. The van der Waals surface area contributed by atoms with Gasteiger partial charge in [0.1, 0.15) is 11.5 Å². The predicted molar refractivity (Wildman–Crippen MR) is 98.7 cm³/mol. The number of hydrogen-bond donors (Lipinski definition) is 1. The fourth-order valence-corrected chi connectivity index (χ4v) is 3.02. The van der Waals surface area contributed by atoms with Crippen molar-refractivity contribution in [1.29, 1.82) is 0 Å². The zero-order chi connectivity index (χ0) is 18.4. The Morgan fingerprint density at radius 1 is 1.15 bits per heavy atom. The number of fused-ring (bicyclic) bond motifs is 1. The molecule has 26 heavy (non-hydrogen) atoms. The highest BCUT2D eigenvalue weighted by molar-refractivity contribution is 5.97. The second-order valence-electron chi connectivity index (χ2n) is 6.45. The zero-order valence-electron chi connectivity index (χ0n) is 14.9. The lowest BCUT2D eigenvalue weighted by molar-refractivity contribution is -0.121. The van der Waals surface area contributed by atoms with Gasteiger partial charge in [0.15, 0.2) is 5.78 Å². The molecule has 1 aliphatic heterocycles. The van der Waals surface area contributed by atoms with E-state index in [2.05, 4.69) is 5.32 Å². The molecular weight excluding hydrogens is 330 g/mol. The molecule has 1 N–H and O–H groups in total. The Kier molecular flexibility index (Phi) is 5.89. The van der Waals surface area contributed by atoms with Crippen molar-refractivity contribution >= 4 is 11.7 Å². The van der Waals surface area contributed by atoms with Gasteiger partial charge in [-0.3, -0.25) is 9.59 Å². The van der Waals surface area contributed by atoms with Gasteiger partial charge in [-0.2, -0.15) is 0 Å². The summed E-state index contributed by atoms with van der Waals surface area (Å²) in [6, 6.07) is 14.9. The van der Waals surface area contributed by atoms with Crippen molar-refractivity contribution in [2.24, 2.45) is 5.92 Å². The van der Waals surface area contributed by atoms with Crippen LogP contribution in [0.5, 0.6) is 11.5 Å². The van der Waals surface area contributed by atoms with Crippen molar-refractivity contribution in [2.75, 3.05) is 20.3 Å². The minimum atomic E-state index is -0.102. The van der Waals surface area contributed by atoms with Crippen LogP contribution in [0.1, 0.15) is 28.8 Å². The average Bonchev–Trinajstić information content (AvgIpc) is 2.70. The SMILES string of the molecule is COc1ccc2c(c1)OCC(CNC(=O)CCC(=O)c1ccccc1)C2. The zero-order valence-corrected chi connectivity index (χ0v) is 14.9. The van der Waals surface area contributed by atoms with Crippen molar-refractivity contribution in [3.05, 3.63) is 59.7 Å². The molecule has 2 aromatic rings. The molecule has 1 atom stereocenters. The van der Waals surface area contributed by atoms with Crippen LogP contribution in [0.25, 0.3) is 0 Å². The molecule has 0 saturated heterocycles. The topological polar surface area (TPSA) is 64.6 Å². The van der Waals surface area contributed by atoms with Gasteiger partial charge in [0.05, 0.1) is 13.7 Å². The second-order valence-corrected chi connectivity index (χ2v) is 6.45. The summed E-state index contributed by atoms with van der Waals surface area (Å²) in [5.74, 6) is 1.74. The molecule has 0 bridgehead atoms. The van der Waals surface area contributed by atoms with E-state index in [0.29, 0.717) is 18.7 Å². The Morgan fingerprint density at radius 3 is 2.73 bits per heavy atom. The third-order valence-electron chi connectivity index (χ3n) is 4.52. The lowest BCUT2D eigenvalue weighted by atomic mass is 9.96.